The molecule has 158 valence electrons. The van der Waals surface area contributed by atoms with Crippen molar-refractivity contribution < 1.29 is 9.53 Å². The lowest BCUT2D eigenvalue weighted by Gasteiger charge is -2.35. The van der Waals surface area contributed by atoms with E-state index in [1.807, 2.05) is 23.2 Å². The van der Waals surface area contributed by atoms with Gasteiger partial charge in [0.2, 0.25) is 5.91 Å². The number of fused-ring (bicyclic) bond motifs is 3. The average Bonchev–Trinajstić information content (AvgIpc) is 3.37. The van der Waals surface area contributed by atoms with Crippen LogP contribution in [0.25, 0.3) is 22.0 Å². The first-order valence-electron chi connectivity index (χ1n) is 10.1. The minimum Gasteiger partial charge on any atom is -0.378 e. The molecule has 2 aliphatic heterocycles. The number of nitrogens with one attached hydrogen (secondary N) is 1. The smallest absolute Gasteiger partial charge is 0.224 e. The molecular formula is C21H23Cl2N5O2. The fourth-order valence-corrected chi connectivity index (χ4v) is 4.95. The van der Waals surface area contributed by atoms with Gasteiger partial charge in [-0.3, -0.25) is 14.8 Å². The zero-order chi connectivity index (χ0) is 20.8. The highest BCUT2D eigenvalue weighted by Gasteiger charge is 2.31. The highest BCUT2D eigenvalue weighted by Crippen LogP contribution is 2.42. The van der Waals surface area contributed by atoms with Crippen molar-refractivity contribution in [2.45, 2.75) is 25.6 Å². The minimum atomic E-state index is 0.126. The molecule has 1 aromatic carbocycles. The van der Waals surface area contributed by atoms with Gasteiger partial charge in [-0.05, 0) is 13.1 Å². The summed E-state index contributed by atoms with van der Waals surface area (Å²) in [6.07, 6.45) is 4.13. The van der Waals surface area contributed by atoms with Crippen LogP contribution >= 0.6 is 23.2 Å². The minimum absolute atomic E-state index is 0.126. The number of rotatable bonds is 3. The maximum atomic E-state index is 13.1. The molecule has 4 heterocycles. The maximum Gasteiger partial charge on any atom is 0.224 e. The summed E-state index contributed by atoms with van der Waals surface area (Å²) in [4.78, 5) is 17.3. The number of nitrogens with zero attached hydrogens (tertiary/aromatic N) is 4. The van der Waals surface area contributed by atoms with Gasteiger partial charge < -0.3 is 14.2 Å². The van der Waals surface area contributed by atoms with E-state index in [-0.39, 0.29) is 11.9 Å². The van der Waals surface area contributed by atoms with E-state index >= 15 is 0 Å². The molecule has 1 N–H and O–H groups in total. The molecule has 5 rings (SSSR count). The van der Waals surface area contributed by atoms with Crippen molar-refractivity contribution in [1.82, 2.24) is 24.6 Å². The van der Waals surface area contributed by atoms with Crippen LogP contribution < -0.4 is 0 Å². The number of aromatic nitrogens is 3. The molecule has 1 saturated heterocycles. The van der Waals surface area contributed by atoms with Gasteiger partial charge in [0, 0.05) is 60.5 Å². The molecule has 0 aliphatic carbocycles. The van der Waals surface area contributed by atoms with Crippen LogP contribution in [0.4, 0.5) is 0 Å². The number of likely N-dealkylation sites (N-methyl/N-ethyl adjacent to an activating group) is 1. The second-order valence-corrected chi connectivity index (χ2v) is 8.73. The Kier molecular flexibility index (Phi) is 5.23. The first-order valence-corrected chi connectivity index (χ1v) is 10.8. The van der Waals surface area contributed by atoms with Crippen molar-refractivity contribution in [3.8, 4) is 11.1 Å². The molecule has 1 unspecified atom stereocenters. The number of H-pyrrole nitrogens is 1. The highest BCUT2D eigenvalue weighted by atomic mass is 35.5. The third-order valence-electron chi connectivity index (χ3n) is 6.23. The van der Waals surface area contributed by atoms with Crippen LogP contribution in [0.15, 0.2) is 24.5 Å². The predicted octanol–water partition coefficient (Wildman–Crippen LogP) is 3.40. The van der Waals surface area contributed by atoms with Crippen molar-refractivity contribution in [3.05, 3.63) is 40.3 Å². The molecule has 0 saturated carbocycles. The molecular weight excluding hydrogens is 425 g/mol. The number of benzene rings is 1. The van der Waals surface area contributed by atoms with Crippen LogP contribution in [0, 0.1) is 0 Å². The molecule has 1 fully saturated rings. The lowest BCUT2D eigenvalue weighted by Crippen LogP contribution is -2.47. The van der Waals surface area contributed by atoms with E-state index in [4.69, 9.17) is 27.9 Å². The van der Waals surface area contributed by atoms with Crippen LogP contribution in [-0.2, 0) is 22.6 Å². The normalized spacial score (nSPS) is 20.0. The SMILES string of the molecule is CN1CCOCC1CC(=O)N1CCn2c(c(-c3cn[nH]c3)c3ccc(Cl)c(Cl)c32)C1. The second-order valence-electron chi connectivity index (χ2n) is 7.95. The van der Waals surface area contributed by atoms with Gasteiger partial charge in [0.25, 0.3) is 0 Å². The van der Waals surface area contributed by atoms with Gasteiger partial charge in [-0.15, -0.1) is 0 Å². The summed E-state index contributed by atoms with van der Waals surface area (Å²) in [5.41, 5.74) is 4.00. The molecule has 7 nitrogen and oxygen atoms in total. The van der Waals surface area contributed by atoms with E-state index in [1.54, 1.807) is 6.20 Å². The molecule has 2 aliphatic rings. The Labute approximate surface area is 184 Å². The van der Waals surface area contributed by atoms with Crippen molar-refractivity contribution in [1.29, 1.82) is 0 Å². The Bertz CT molecular complexity index is 1090. The number of aromatic amines is 1. The number of hydrogen-bond acceptors (Lipinski definition) is 4. The fourth-order valence-electron chi connectivity index (χ4n) is 4.53. The molecule has 1 amide bonds. The molecule has 1 atom stereocenters. The van der Waals surface area contributed by atoms with Gasteiger partial charge in [0.05, 0.1) is 41.5 Å². The predicted molar refractivity (Wildman–Crippen MR) is 117 cm³/mol. The summed E-state index contributed by atoms with van der Waals surface area (Å²) in [5.74, 6) is 0.149. The van der Waals surface area contributed by atoms with Crippen LogP contribution in [0.3, 0.4) is 0 Å². The molecule has 2 aromatic heterocycles. The molecule has 0 spiro atoms. The number of ether oxygens (including phenoxy) is 1. The molecule has 3 aromatic rings. The Morgan fingerprint density at radius 1 is 1.30 bits per heavy atom. The van der Waals surface area contributed by atoms with Gasteiger partial charge in [-0.2, -0.15) is 5.10 Å². The summed E-state index contributed by atoms with van der Waals surface area (Å²) in [7, 11) is 2.05. The summed E-state index contributed by atoms with van der Waals surface area (Å²) in [5, 5.41) is 9.11. The summed E-state index contributed by atoms with van der Waals surface area (Å²) in [6.45, 7) is 4.02. The number of carbonyl (C=O) groups is 1. The van der Waals surface area contributed by atoms with Crippen molar-refractivity contribution in [2.24, 2.45) is 0 Å². The monoisotopic (exact) mass is 447 g/mol. The Morgan fingerprint density at radius 2 is 2.17 bits per heavy atom. The van der Waals surface area contributed by atoms with Crippen LogP contribution in [0.1, 0.15) is 12.1 Å². The summed E-state index contributed by atoms with van der Waals surface area (Å²) >= 11 is 12.9. The van der Waals surface area contributed by atoms with Crippen LogP contribution in [0.2, 0.25) is 10.0 Å². The van der Waals surface area contributed by atoms with E-state index < -0.39 is 0 Å². The van der Waals surface area contributed by atoms with Gasteiger partial charge in [0.1, 0.15) is 0 Å². The van der Waals surface area contributed by atoms with Crippen molar-refractivity contribution >= 4 is 40.0 Å². The molecule has 9 heteroatoms. The maximum absolute atomic E-state index is 13.1. The van der Waals surface area contributed by atoms with E-state index in [0.717, 1.165) is 40.9 Å². The Hall–Kier alpha value is -2.06. The van der Waals surface area contributed by atoms with Crippen molar-refractivity contribution in [2.75, 3.05) is 33.4 Å². The van der Waals surface area contributed by atoms with E-state index in [0.29, 0.717) is 42.7 Å². The molecule has 0 bridgehead atoms. The third-order valence-corrected chi connectivity index (χ3v) is 7.02. The topological polar surface area (TPSA) is 66.4 Å². The van der Waals surface area contributed by atoms with Crippen LogP contribution in [-0.4, -0.2) is 69.9 Å². The van der Waals surface area contributed by atoms with Crippen LogP contribution in [0.5, 0.6) is 0 Å². The number of amides is 1. The quantitative estimate of drug-likeness (QED) is 0.667. The third kappa shape index (κ3) is 3.30. The second kappa shape index (κ2) is 7.89. The van der Waals surface area contributed by atoms with E-state index in [9.17, 15) is 4.79 Å². The zero-order valence-corrected chi connectivity index (χ0v) is 18.2. The largest absolute Gasteiger partial charge is 0.378 e. The van der Waals surface area contributed by atoms with E-state index in [2.05, 4.69) is 26.7 Å². The Morgan fingerprint density at radius 3 is 2.93 bits per heavy atom. The first kappa shape index (κ1) is 19.9. The molecule has 30 heavy (non-hydrogen) atoms. The van der Waals surface area contributed by atoms with Gasteiger partial charge in [-0.1, -0.05) is 29.3 Å². The zero-order valence-electron chi connectivity index (χ0n) is 16.7. The van der Waals surface area contributed by atoms with Crippen molar-refractivity contribution in [3.63, 3.8) is 0 Å². The lowest BCUT2D eigenvalue weighted by molar-refractivity contribution is -0.135. The number of halogens is 2. The standard InChI is InChI=1S/C21H23Cl2N5O2/c1-26-6-7-30-12-14(26)8-18(29)27-4-5-28-17(11-27)19(13-9-24-25-10-13)15-2-3-16(22)20(23)21(15)28/h2-3,9-10,14H,4-8,11-12H2,1H3,(H,24,25). The lowest BCUT2D eigenvalue weighted by atomic mass is 10.0. The summed E-state index contributed by atoms with van der Waals surface area (Å²) < 4.78 is 7.78. The first-order chi connectivity index (χ1) is 14.5. The van der Waals surface area contributed by atoms with Gasteiger partial charge in [0.15, 0.2) is 0 Å². The Balaban J connectivity index is 1.51. The number of morpholine rings is 1. The van der Waals surface area contributed by atoms with Gasteiger partial charge >= 0.3 is 0 Å². The fraction of sp³-hybridized carbons (Fsp3) is 0.429. The molecule has 0 radical (unpaired) electrons. The average molecular weight is 448 g/mol. The van der Waals surface area contributed by atoms with E-state index in [1.165, 1.54) is 0 Å². The number of hydrogen-bond donors (Lipinski definition) is 1. The summed E-state index contributed by atoms with van der Waals surface area (Å²) in [6, 6.07) is 3.95. The van der Waals surface area contributed by atoms with Gasteiger partial charge in [-0.25, -0.2) is 0 Å². The number of carbonyl (C=O) groups excluding carboxylic acids is 1. The highest BCUT2D eigenvalue weighted by molar-refractivity contribution is 6.45.